The summed E-state index contributed by atoms with van der Waals surface area (Å²) in [6.45, 7) is -0.123. The van der Waals surface area contributed by atoms with Gasteiger partial charge in [-0.25, -0.2) is 0 Å². The predicted molar refractivity (Wildman–Crippen MR) is 57.0 cm³/mol. The molecule has 0 saturated heterocycles. The van der Waals surface area contributed by atoms with Crippen molar-refractivity contribution in [3.63, 3.8) is 0 Å². The van der Waals surface area contributed by atoms with Crippen molar-refractivity contribution in [3.05, 3.63) is 27.3 Å². The Morgan fingerprint density at radius 3 is 2.88 bits per heavy atom. The van der Waals surface area contributed by atoms with Gasteiger partial charge in [-0.1, -0.05) is 11.6 Å². The number of ether oxygens (including phenoxy) is 1. The van der Waals surface area contributed by atoms with Gasteiger partial charge in [0.25, 0.3) is 11.6 Å². The fraction of sp³-hybridized carbons (Fsp3) is 0.222. The van der Waals surface area contributed by atoms with Gasteiger partial charge in [0.1, 0.15) is 5.02 Å². The predicted octanol–water partition coefficient (Wildman–Crippen LogP) is 1.60. The summed E-state index contributed by atoms with van der Waals surface area (Å²) in [7, 11) is 1.56. The minimum atomic E-state index is -0.595. The molecule has 1 aromatic carbocycles. The molecular weight excluding hydrogens is 236 g/mol. The molecule has 0 unspecified atom stereocenters. The first kappa shape index (κ1) is 10.7. The van der Waals surface area contributed by atoms with E-state index in [4.69, 9.17) is 16.3 Å². The third-order valence-corrected chi connectivity index (χ3v) is 2.61. The number of nitro groups is 1. The number of fused-ring (bicyclic) bond motifs is 1. The maximum atomic E-state index is 11.3. The second-order valence-electron chi connectivity index (χ2n) is 3.27. The van der Waals surface area contributed by atoms with Crippen LogP contribution in [0.3, 0.4) is 0 Å². The monoisotopic (exact) mass is 242 g/mol. The average Bonchev–Trinajstić information content (AvgIpc) is 2.23. The molecule has 1 aliphatic heterocycles. The van der Waals surface area contributed by atoms with E-state index in [2.05, 4.69) is 0 Å². The number of amides is 1. The first-order valence-electron chi connectivity index (χ1n) is 4.38. The summed E-state index contributed by atoms with van der Waals surface area (Å²) < 4.78 is 5.10. The maximum absolute atomic E-state index is 11.3. The van der Waals surface area contributed by atoms with Crippen LogP contribution in [0.1, 0.15) is 0 Å². The number of anilines is 1. The number of nitrogens with zero attached hydrogens (tertiary/aromatic N) is 2. The molecule has 0 bridgehead atoms. The highest BCUT2D eigenvalue weighted by Crippen LogP contribution is 2.39. The second kappa shape index (κ2) is 3.64. The molecule has 7 heteroatoms. The molecule has 6 nitrogen and oxygen atoms in total. The highest BCUT2D eigenvalue weighted by molar-refractivity contribution is 6.33. The second-order valence-corrected chi connectivity index (χ2v) is 3.68. The van der Waals surface area contributed by atoms with Crippen molar-refractivity contribution in [2.24, 2.45) is 0 Å². The van der Waals surface area contributed by atoms with E-state index in [1.807, 2.05) is 0 Å². The van der Waals surface area contributed by atoms with Gasteiger partial charge in [-0.05, 0) is 6.07 Å². The van der Waals surface area contributed by atoms with Crippen molar-refractivity contribution in [1.29, 1.82) is 0 Å². The molecule has 1 amide bonds. The summed E-state index contributed by atoms with van der Waals surface area (Å²) >= 11 is 5.73. The molecule has 0 aromatic heterocycles. The Kier molecular flexibility index (Phi) is 2.43. The van der Waals surface area contributed by atoms with E-state index in [-0.39, 0.29) is 23.2 Å². The molecule has 0 spiro atoms. The van der Waals surface area contributed by atoms with Gasteiger partial charge in [0.2, 0.25) is 0 Å². The van der Waals surface area contributed by atoms with Gasteiger partial charge in [-0.2, -0.15) is 0 Å². The molecule has 0 saturated carbocycles. The number of carbonyl (C=O) groups excluding carboxylic acids is 1. The molecule has 0 fully saturated rings. The average molecular weight is 243 g/mol. The van der Waals surface area contributed by atoms with Crippen molar-refractivity contribution in [2.75, 3.05) is 18.6 Å². The van der Waals surface area contributed by atoms with Gasteiger partial charge in [0, 0.05) is 7.05 Å². The molecule has 1 aromatic rings. The van der Waals surface area contributed by atoms with Crippen molar-refractivity contribution in [1.82, 2.24) is 0 Å². The standard InChI is InChI=1S/C9H7ClN2O4/c1-11-7-2-5(10)6(12(14)15)3-8(7)16-4-9(11)13/h2-3H,4H2,1H3. The van der Waals surface area contributed by atoms with Crippen LogP contribution in [0.4, 0.5) is 11.4 Å². The van der Waals surface area contributed by atoms with Gasteiger partial charge < -0.3 is 9.64 Å². The van der Waals surface area contributed by atoms with E-state index in [0.29, 0.717) is 11.4 Å². The lowest BCUT2D eigenvalue weighted by Gasteiger charge is -2.25. The van der Waals surface area contributed by atoms with Gasteiger partial charge in [-0.3, -0.25) is 14.9 Å². The zero-order valence-electron chi connectivity index (χ0n) is 8.27. The lowest BCUT2D eigenvalue weighted by atomic mass is 10.2. The summed E-state index contributed by atoms with van der Waals surface area (Å²) in [6, 6.07) is 2.58. The van der Waals surface area contributed by atoms with Crippen LogP contribution in [0.2, 0.25) is 5.02 Å². The van der Waals surface area contributed by atoms with Crippen molar-refractivity contribution < 1.29 is 14.5 Å². The van der Waals surface area contributed by atoms with Gasteiger partial charge in [0.05, 0.1) is 16.7 Å². The van der Waals surface area contributed by atoms with E-state index in [0.717, 1.165) is 0 Å². The Morgan fingerprint density at radius 2 is 2.25 bits per heavy atom. The summed E-state index contributed by atoms with van der Waals surface area (Å²) in [5.74, 6) is 0.0654. The van der Waals surface area contributed by atoms with Crippen LogP contribution in [-0.2, 0) is 4.79 Å². The van der Waals surface area contributed by atoms with Crippen molar-refractivity contribution in [2.45, 2.75) is 0 Å². The lowest BCUT2D eigenvalue weighted by molar-refractivity contribution is -0.384. The minimum Gasteiger partial charge on any atom is -0.481 e. The highest BCUT2D eigenvalue weighted by Gasteiger charge is 2.26. The first-order chi connectivity index (χ1) is 7.50. The molecule has 0 atom stereocenters. The Balaban J connectivity index is 2.56. The zero-order valence-corrected chi connectivity index (χ0v) is 9.02. The number of hydrogen-bond donors (Lipinski definition) is 0. The van der Waals surface area contributed by atoms with Crippen molar-refractivity contribution in [3.8, 4) is 5.75 Å². The van der Waals surface area contributed by atoms with E-state index in [9.17, 15) is 14.9 Å². The van der Waals surface area contributed by atoms with Crippen molar-refractivity contribution >= 4 is 28.9 Å². The Morgan fingerprint density at radius 1 is 1.56 bits per heavy atom. The quantitative estimate of drug-likeness (QED) is 0.554. The fourth-order valence-electron chi connectivity index (χ4n) is 1.42. The van der Waals surface area contributed by atoms with Crippen LogP contribution in [0.25, 0.3) is 0 Å². The molecular formula is C9H7ClN2O4. The summed E-state index contributed by atoms with van der Waals surface area (Å²) in [5, 5.41) is 10.6. The highest BCUT2D eigenvalue weighted by atomic mass is 35.5. The number of likely N-dealkylation sites (N-methyl/N-ethyl adjacent to an activating group) is 1. The first-order valence-corrected chi connectivity index (χ1v) is 4.76. The number of rotatable bonds is 1. The normalized spacial score (nSPS) is 14.4. The number of nitro benzene ring substituents is 1. The van der Waals surface area contributed by atoms with E-state index < -0.39 is 4.92 Å². The molecule has 0 N–H and O–H groups in total. The summed E-state index contributed by atoms with van der Waals surface area (Å²) in [6.07, 6.45) is 0. The molecule has 84 valence electrons. The molecule has 0 radical (unpaired) electrons. The molecule has 0 aliphatic carbocycles. The molecule has 16 heavy (non-hydrogen) atoms. The van der Waals surface area contributed by atoms with E-state index in [1.165, 1.54) is 17.0 Å². The molecule has 1 heterocycles. The maximum Gasteiger partial charge on any atom is 0.291 e. The van der Waals surface area contributed by atoms with Gasteiger partial charge >= 0.3 is 0 Å². The Labute approximate surface area is 95.5 Å². The lowest BCUT2D eigenvalue weighted by Crippen LogP contribution is -2.35. The van der Waals surface area contributed by atoms with Crippen LogP contribution >= 0.6 is 11.6 Å². The zero-order chi connectivity index (χ0) is 11.9. The van der Waals surface area contributed by atoms with E-state index >= 15 is 0 Å². The van der Waals surface area contributed by atoms with Crippen LogP contribution in [0.5, 0.6) is 5.75 Å². The molecule has 1 aliphatic rings. The fourth-order valence-corrected chi connectivity index (χ4v) is 1.65. The topological polar surface area (TPSA) is 72.7 Å². The third kappa shape index (κ3) is 1.57. The molecule has 2 rings (SSSR count). The SMILES string of the molecule is CN1C(=O)COc2cc([N+](=O)[O-])c(Cl)cc21. The largest absolute Gasteiger partial charge is 0.481 e. The smallest absolute Gasteiger partial charge is 0.291 e. The van der Waals surface area contributed by atoms with Gasteiger partial charge in [-0.15, -0.1) is 0 Å². The van der Waals surface area contributed by atoms with Crippen LogP contribution in [0.15, 0.2) is 12.1 Å². The third-order valence-electron chi connectivity index (χ3n) is 2.31. The summed E-state index contributed by atoms with van der Waals surface area (Å²) in [4.78, 5) is 22.7. The number of benzene rings is 1. The van der Waals surface area contributed by atoms with Crippen LogP contribution in [0, 0.1) is 10.1 Å². The Hall–Kier alpha value is -1.82. The Bertz CT molecular complexity index is 489. The number of hydrogen-bond acceptors (Lipinski definition) is 4. The minimum absolute atomic E-state index is 0.0195. The van der Waals surface area contributed by atoms with Crippen LogP contribution in [-0.4, -0.2) is 24.5 Å². The van der Waals surface area contributed by atoms with Crippen LogP contribution < -0.4 is 9.64 Å². The van der Waals surface area contributed by atoms with E-state index in [1.54, 1.807) is 7.05 Å². The number of carbonyl (C=O) groups is 1. The van der Waals surface area contributed by atoms with Gasteiger partial charge in [0.15, 0.2) is 12.4 Å². The summed E-state index contributed by atoms with van der Waals surface area (Å²) in [5.41, 5.74) is 0.204. The number of halogens is 1.